The normalized spacial score (nSPS) is 11.2. The third-order valence-corrected chi connectivity index (χ3v) is 14.1. The fourth-order valence-corrected chi connectivity index (χ4v) is 9.24. The highest BCUT2D eigenvalue weighted by Gasteiger charge is 2.17. The quantitative estimate of drug-likeness (QED) is 0.0273. The molecule has 0 radical (unpaired) electrons. The van der Waals surface area contributed by atoms with Crippen molar-refractivity contribution in [3.63, 3.8) is 0 Å². The molecule has 7 rings (SSSR count). The van der Waals surface area contributed by atoms with Gasteiger partial charge in [-0.05, 0) is 215 Å². The minimum atomic E-state index is -0.444. The van der Waals surface area contributed by atoms with Crippen molar-refractivity contribution in [2.45, 2.75) is 123 Å². The van der Waals surface area contributed by atoms with Gasteiger partial charge in [-0.3, -0.25) is 0 Å². The molecule has 11 heteroatoms. The van der Waals surface area contributed by atoms with Crippen molar-refractivity contribution in [3.05, 3.63) is 186 Å². The summed E-state index contributed by atoms with van der Waals surface area (Å²) >= 11 is 0. The number of unbranched alkanes of at least 4 members (excludes halogenated alkanes) is 11. The lowest BCUT2D eigenvalue weighted by Gasteiger charge is -2.14. The van der Waals surface area contributed by atoms with Crippen LogP contribution in [0.4, 0.5) is 0 Å². The van der Waals surface area contributed by atoms with Crippen molar-refractivity contribution in [3.8, 4) is 74.3 Å². The Hall–Kier alpha value is -8.54. The van der Waals surface area contributed by atoms with Crippen LogP contribution in [-0.4, -0.2) is 57.7 Å². The summed E-state index contributed by atoms with van der Waals surface area (Å²) in [5.41, 5.74) is 8.46. The molecule has 11 nitrogen and oxygen atoms in total. The summed E-state index contributed by atoms with van der Waals surface area (Å²) in [5, 5.41) is 18.2. The molecule has 0 spiro atoms. The van der Waals surface area contributed by atoms with E-state index in [9.17, 15) is 9.59 Å². The van der Waals surface area contributed by atoms with Crippen LogP contribution in [0.25, 0.3) is 33.4 Å². The van der Waals surface area contributed by atoms with Crippen molar-refractivity contribution in [2.75, 3.05) is 39.6 Å². The van der Waals surface area contributed by atoms with Gasteiger partial charge >= 0.3 is 11.9 Å². The first-order valence-electron chi connectivity index (χ1n) is 29.4. The third kappa shape index (κ3) is 20.8. The summed E-state index contributed by atoms with van der Waals surface area (Å²) in [4.78, 5) is 26.3. The van der Waals surface area contributed by atoms with Gasteiger partial charge in [0.05, 0.1) is 74.6 Å². The van der Waals surface area contributed by atoms with Gasteiger partial charge in [-0.25, -0.2) is 9.59 Å². The second-order valence-electron chi connectivity index (χ2n) is 20.5. The van der Waals surface area contributed by atoms with E-state index in [2.05, 4.69) is 19.1 Å². The van der Waals surface area contributed by atoms with Crippen molar-refractivity contribution < 1.29 is 42.7 Å². The SMILES string of the molecule is CCCCCCC(C)OC(=O)c1ccc(-c2ccc(OCCCCCOC(=O)c3cc(OCCCCCCOc4ccc(-c5ccc(C#N)cc5)cc4)ccc3OCCCCCCOc3ccc(-c4ccc(C#N)cc4)cc3)cc2)cc1. The van der Waals surface area contributed by atoms with Gasteiger partial charge in [0, 0.05) is 0 Å². The zero-order valence-corrected chi connectivity index (χ0v) is 47.8. The van der Waals surface area contributed by atoms with E-state index in [0.29, 0.717) is 73.2 Å². The Kier molecular flexibility index (Phi) is 25.8. The van der Waals surface area contributed by atoms with Crippen LogP contribution in [0.2, 0.25) is 0 Å². The predicted molar refractivity (Wildman–Crippen MR) is 324 cm³/mol. The van der Waals surface area contributed by atoms with Gasteiger partial charge in [-0.1, -0.05) is 99.0 Å². The average Bonchev–Trinajstić information content (AvgIpc) is 3.55. The Morgan fingerprint density at radius 3 is 1.17 bits per heavy atom. The molecule has 0 aliphatic heterocycles. The maximum atomic E-state index is 13.6. The van der Waals surface area contributed by atoms with E-state index < -0.39 is 5.97 Å². The van der Waals surface area contributed by atoms with Gasteiger partial charge in [0.15, 0.2) is 0 Å². The van der Waals surface area contributed by atoms with Crippen LogP contribution in [0, 0.1) is 22.7 Å². The van der Waals surface area contributed by atoms with Gasteiger partial charge in [-0.2, -0.15) is 10.5 Å². The van der Waals surface area contributed by atoms with E-state index in [-0.39, 0.29) is 18.7 Å². The van der Waals surface area contributed by atoms with Gasteiger partial charge in [-0.15, -0.1) is 0 Å². The molecule has 0 heterocycles. The summed E-state index contributed by atoms with van der Waals surface area (Å²) in [6, 6.07) is 56.3. The molecule has 426 valence electrons. The monoisotopic (exact) mass is 1100 g/mol. The number of hydrogen-bond acceptors (Lipinski definition) is 11. The van der Waals surface area contributed by atoms with Gasteiger partial charge in [0.1, 0.15) is 34.3 Å². The lowest BCUT2D eigenvalue weighted by Crippen LogP contribution is -2.15. The van der Waals surface area contributed by atoms with Crippen LogP contribution in [0.5, 0.6) is 28.7 Å². The van der Waals surface area contributed by atoms with Crippen molar-refractivity contribution >= 4 is 11.9 Å². The smallest absolute Gasteiger partial charge is 0.342 e. The highest BCUT2D eigenvalue weighted by molar-refractivity contribution is 5.93. The zero-order valence-electron chi connectivity index (χ0n) is 47.8. The third-order valence-electron chi connectivity index (χ3n) is 14.1. The van der Waals surface area contributed by atoms with E-state index in [1.54, 1.807) is 12.1 Å². The van der Waals surface area contributed by atoms with Crippen LogP contribution < -0.4 is 23.7 Å². The summed E-state index contributed by atoms with van der Waals surface area (Å²) < 4.78 is 41.9. The average molecular weight is 1100 g/mol. The number of carbonyl (C=O) groups is 2. The second-order valence-corrected chi connectivity index (χ2v) is 20.5. The largest absolute Gasteiger partial charge is 0.494 e. The standard InChI is InChI=1S/C71H78N2O9/c1-3-4-5-11-18-54(2)82-70(74)63-29-27-59(28-30-63)62-35-41-66(42-36-62)78-47-16-10-17-50-81-71(75)68-51-67(79-48-14-7-6-12-45-76-64-37-31-60(32-38-64)57-23-19-55(52-72)20-24-57)43-44-69(68)80-49-15-9-8-13-46-77-65-39-33-61(34-40-65)58-25-21-56(53-73)22-26-58/h19-44,51,54H,3-18,45-50H2,1-2H3. The maximum Gasteiger partial charge on any atom is 0.342 e. The van der Waals surface area contributed by atoms with E-state index in [1.165, 1.54) is 12.8 Å². The van der Waals surface area contributed by atoms with Crippen molar-refractivity contribution in [1.29, 1.82) is 10.5 Å². The Labute approximate surface area is 485 Å². The number of hydrogen-bond donors (Lipinski definition) is 0. The highest BCUT2D eigenvalue weighted by atomic mass is 16.5. The number of nitriles is 2. The molecule has 7 aromatic carbocycles. The molecule has 82 heavy (non-hydrogen) atoms. The second kappa shape index (κ2) is 34.6. The Morgan fingerprint density at radius 2 is 0.744 bits per heavy atom. The highest BCUT2D eigenvalue weighted by Crippen LogP contribution is 2.29. The Bertz CT molecular complexity index is 3070. The lowest BCUT2D eigenvalue weighted by molar-refractivity contribution is 0.0318. The predicted octanol–water partition coefficient (Wildman–Crippen LogP) is 17.4. The lowest BCUT2D eigenvalue weighted by atomic mass is 10.0. The summed E-state index contributed by atoms with van der Waals surface area (Å²) in [6.07, 6.45) is 15.1. The molecule has 1 atom stereocenters. The van der Waals surface area contributed by atoms with E-state index in [1.807, 2.05) is 159 Å². The molecule has 1 unspecified atom stereocenters. The van der Waals surface area contributed by atoms with Gasteiger partial charge < -0.3 is 33.2 Å². The minimum Gasteiger partial charge on any atom is -0.494 e. The summed E-state index contributed by atoms with van der Waals surface area (Å²) in [6.45, 7) is 7.16. The van der Waals surface area contributed by atoms with E-state index >= 15 is 0 Å². The molecule has 0 saturated heterocycles. The molecule has 0 aliphatic carbocycles. The van der Waals surface area contributed by atoms with Crippen LogP contribution >= 0.6 is 0 Å². The first-order valence-corrected chi connectivity index (χ1v) is 29.4. The van der Waals surface area contributed by atoms with E-state index in [4.69, 9.17) is 43.7 Å². The van der Waals surface area contributed by atoms with Crippen LogP contribution in [0.1, 0.15) is 148 Å². The zero-order chi connectivity index (χ0) is 57.4. The fraction of sp³-hybridized carbons (Fsp3) is 0.352. The maximum absolute atomic E-state index is 13.6. The fourth-order valence-electron chi connectivity index (χ4n) is 9.24. The van der Waals surface area contributed by atoms with Crippen LogP contribution in [-0.2, 0) is 9.47 Å². The molecule has 0 fully saturated rings. The molecule has 0 N–H and O–H groups in total. The number of rotatable bonds is 36. The molecule has 0 aromatic heterocycles. The number of benzene rings is 7. The first-order chi connectivity index (χ1) is 40.3. The molecule has 0 bridgehead atoms. The molecule has 0 aliphatic rings. The Balaban J connectivity index is 0.803. The van der Waals surface area contributed by atoms with Crippen molar-refractivity contribution in [1.82, 2.24) is 0 Å². The topological polar surface area (TPSA) is 146 Å². The van der Waals surface area contributed by atoms with E-state index in [0.717, 1.165) is 134 Å². The first kappa shape index (κ1) is 61.1. The number of esters is 2. The van der Waals surface area contributed by atoms with Gasteiger partial charge in [0.25, 0.3) is 0 Å². The Morgan fingerprint density at radius 1 is 0.390 bits per heavy atom. The summed E-state index contributed by atoms with van der Waals surface area (Å²) in [5.74, 6) is 2.76. The molecular weight excluding hydrogens is 1020 g/mol. The van der Waals surface area contributed by atoms with Crippen LogP contribution in [0.3, 0.4) is 0 Å². The summed E-state index contributed by atoms with van der Waals surface area (Å²) in [7, 11) is 0. The minimum absolute atomic E-state index is 0.100. The van der Waals surface area contributed by atoms with Crippen LogP contribution in [0.15, 0.2) is 164 Å². The number of ether oxygens (including phenoxy) is 7. The number of nitrogens with zero attached hydrogens (tertiary/aromatic N) is 2. The van der Waals surface area contributed by atoms with Crippen molar-refractivity contribution in [2.24, 2.45) is 0 Å². The number of carbonyl (C=O) groups excluding carboxylic acids is 2. The molecule has 0 amide bonds. The molecule has 7 aromatic rings. The molecular formula is C71H78N2O9. The molecule has 0 saturated carbocycles. The van der Waals surface area contributed by atoms with Gasteiger partial charge in [0.2, 0.25) is 0 Å².